The van der Waals surface area contributed by atoms with Crippen LogP contribution in [0.4, 0.5) is 10.1 Å². The van der Waals surface area contributed by atoms with Crippen molar-refractivity contribution in [1.29, 1.82) is 0 Å². The number of allylic oxidation sites excluding steroid dienone is 1. The highest BCUT2D eigenvalue weighted by molar-refractivity contribution is 5.64. The highest BCUT2D eigenvalue weighted by atomic mass is 19.1. The number of rotatable bonds is 1. The summed E-state index contributed by atoms with van der Waals surface area (Å²) < 4.78 is 12.6. The van der Waals surface area contributed by atoms with Crippen molar-refractivity contribution in [3.05, 3.63) is 36.2 Å². The second-order valence-electron chi connectivity index (χ2n) is 2.52. The molecule has 0 bridgehead atoms. The van der Waals surface area contributed by atoms with Crippen molar-refractivity contribution in [1.82, 2.24) is 0 Å². The van der Waals surface area contributed by atoms with E-state index >= 15 is 0 Å². The van der Waals surface area contributed by atoms with Gasteiger partial charge in [0.15, 0.2) is 0 Å². The number of hydrogen-bond donors (Lipinski definition) is 1. The lowest BCUT2D eigenvalue weighted by atomic mass is 10.1. The molecule has 11 heavy (non-hydrogen) atoms. The Hall–Kier alpha value is -1.31. The Bertz CT molecular complexity index is 292. The Kier molecular flexibility index (Phi) is 1.94. The molecule has 0 aliphatic rings. The predicted molar refractivity (Wildman–Crippen MR) is 45.5 cm³/mol. The molecule has 1 aromatic carbocycles. The van der Waals surface area contributed by atoms with E-state index in [9.17, 15) is 4.39 Å². The zero-order valence-corrected chi connectivity index (χ0v) is 6.39. The van der Waals surface area contributed by atoms with Crippen LogP contribution in [0.25, 0.3) is 5.57 Å². The van der Waals surface area contributed by atoms with Crippen LogP contribution in [0.2, 0.25) is 0 Å². The van der Waals surface area contributed by atoms with E-state index in [0.29, 0.717) is 0 Å². The molecule has 0 heterocycles. The maximum atomic E-state index is 12.6. The van der Waals surface area contributed by atoms with E-state index in [-0.39, 0.29) is 11.5 Å². The topological polar surface area (TPSA) is 26.0 Å². The first-order chi connectivity index (χ1) is 5.11. The van der Waals surface area contributed by atoms with Crippen molar-refractivity contribution in [3.8, 4) is 0 Å². The number of benzene rings is 1. The molecule has 0 radical (unpaired) electrons. The van der Waals surface area contributed by atoms with Gasteiger partial charge in [-0.25, -0.2) is 4.39 Å². The normalized spacial score (nSPS) is 9.64. The minimum absolute atomic E-state index is 0.172. The molecule has 1 rings (SSSR count). The Balaban J connectivity index is 3.15. The zero-order chi connectivity index (χ0) is 8.43. The molecule has 0 atom stereocenters. The molecule has 0 aromatic heterocycles. The summed E-state index contributed by atoms with van der Waals surface area (Å²) in [4.78, 5) is 0. The standard InChI is InChI=1S/C9H10FN/c1-6(2)7-3-4-8(10)9(11)5-7/h3-5H,1,11H2,2H3. The minimum Gasteiger partial charge on any atom is -0.396 e. The van der Waals surface area contributed by atoms with Crippen LogP contribution in [0, 0.1) is 5.82 Å². The van der Waals surface area contributed by atoms with Crippen molar-refractivity contribution < 1.29 is 4.39 Å². The van der Waals surface area contributed by atoms with E-state index in [1.165, 1.54) is 6.07 Å². The van der Waals surface area contributed by atoms with Crippen molar-refractivity contribution in [2.45, 2.75) is 6.92 Å². The molecule has 0 amide bonds. The van der Waals surface area contributed by atoms with Crippen LogP contribution in [-0.4, -0.2) is 0 Å². The van der Waals surface area contributed by atoms with Crippen LogP contribution in [0.15, 0.2) is 24.8 Å². The molecular weight excluding hydrogens is 141 g/mol. The Labute approximate surface area is 65.3 Å². The first-order valence-electron chi connectivity index (χ1n) is 3.32. The van der Waals surface area contributed by atoms with Crippen molar-refractivity contribution in [2.75, 3.05) is 5.73 Å². The third-order valence-corrected chi connectivity index (χ3v) is 1.49. The SMILES string of the molecule is C=C(C)c1ccc(F)c(N)c1. The molecule has 0 saturated heterocycles. The first kappa shape index (κ1) is 7.79. The lowest BCUT2D eigenvalue weighted by Gasteiger charge is -2.01. The van der Waals surface area contributed by atoms with Gasteiger partial charge in [-0.05, 0) is 24.6 Å². The number of anilines is 1. The number of nitrogen functional groups attached to an aromatic ring is 1. The Morgan fingerprint density at radius 3 is 2.64 bits per heavy atom. The number of hydrogen-bond acceptors (Lipinski definition) is 1. The third-order valence-electron chi connectivity index (χ3n) is 1.49. The summed E-state index contributed by atoms with van der Waals surface area (Å²) in [5.74, 6) is -0.380. The fraction of sp³-hybridized carbons (Fsp3) is 0.111. The van der Waals surface area contributed by atoms with Crippen LogP contribution >= 0.6 is 0 Å². The van der Waals surface area contributed by atoms with E-state index in [0.717, 1.165) is 11.1 Å². The first-order valence-corrected chi connectivity index (χ1v) is 3.32. The van der Waals surface area contributed by atoms with Gasteiger partial charge in [-0.2, -0.15) is 0 Å². The maximum absolute atomic E-state index is 12.6. The summed E-state index contributed by atoms with van der Waals surface area (Å²) in [6, 6.07) is 4.59. The van der Waals surface area contributed by atoms with E-state index in [1.54, 1.807) is 12.1 Å². The van der Waals surface area contributed by atoms with Gasteiger partial charge in [-0.1, -0.05) is 18.2 Å². The zero-order valence-electron chi connectivity index (χ0n) is 6.39. The average Bonchev–Trinajstić information content (AvgIpc) is 1.94. The average molecular weight is 151 g/mol. The quantitative estimate of drug-likeness (QED) is 0.613. The summed E-state index contributed by atoms with van der Waals surface area (Å²) in [6.45, 7) is 5.57. The summed E-state index contributed by atoms with van der Waals surface area (Å²) in [5, 5.41) is 0. The number of halogens is 1. The van der Waals surface area contributed by atoms with Crippen LogP contribution in [0.1, 0.15) is 12.5 Å². The summed E-state index contributed by atoms with van der Waals surface area (Å²) >= 11 is 0. The largest absolute Gasteiger partial charge is 0.396 e. The highest BCUT2D eigenvalue weighted by Gasteiger charge is 1.98. The van der Waals surface area contributed by atoms with E-state index in [4.69, 9.17) is 5.73 Å². The van der Waals surface area contributed by atoms with Crippen molar-refractivity contribution in [2.24, 2.45) is 0 Å². The maximum Gasteiger partial charge on any atom is 0.146 e. The van der Waals surface area contributed by atoms with Gasteiger partial charge in [-0.15, -0.1) is 0 Å². The van der Waals surface area contributed by atoms with Gasteiger partial charge in [0.2, 0.25) is 0 Å². The predicted octanol–water partition coefficient (Wildman–Crippen LogP) is 2.44. The fourth-order valence-corrected chi connectivity index (χ4v) is 0.809. The molecule has 0 saturated carbocycles. The van der Waals surface area contributed by atoms with Gasteiger partial charge in [0, 0.05) is 0 Å². The van der Waals surface area contributed by atoms with Crippen LogP contribution in [0.5, 0.6) is 0 Å². The van der Waals surface area contributed by atoms with E-state index in [1.807, 2.05) is 6.92 Å². The third kappa shape index (κ3) is 1.58. The molecule has 0 fully saturated rings. The van der Waals surface area contributed by atoms with Crippen LogP contribution < -0.4 is 5.73 Å². The van der Waals surface area contributed by atoms with Crippen LogP contribution in [0.3, 0.4) is 0 Å². The minimum atomic E-state index is -0.380. The van der Waals surface area contributed by atoms with Gasteiger partial charge in [-0.3, -0.25) is 0 Å². The lowest BCUT2D eigenvalue weighted by Crippen LogP contribution is -1.91. The summed E-state index contributed by atoms with van der Waals surface area (Å²) in [6.07, 6.45) is 0. The molecule has 0 aliphatic heterocycles. The summed E-state index contributed by atoms with van der Waals surface area (Å²) in [5.41, 5.74) is 7.28. The van der Waals surface area contributed by atoms with Gasteiger partial charge in [0.1, 0.15) is 5.82 Å². The van der Waals surface area contributed by atoms with Crippen LogP contribution in [-0.2, 0) is 0 Å². The molecule has 58 valence electrons. The lowest BCUT2D eigenvalue weighted by molar-refractivity contribution is 0.632. The molecule has 2 heteroatoms. The Morgan fingerprint density at radius 1 is 1.55 bits per heavy atom. The molecule has 0 aliphatic carbocycles. The molecule has 1 nitrogen and oxygen atoms in total. The van der Waals surface area contributed by atoms with E-state index < -0.39 is 0 Å². The molecule has 0 spiro atoms. The second kappa shape index (κ2) is 2.74. The smallest absolute Gasteiger partial charge is 0.146 e. The molecular formula is C9H10FN. The van der Waals surface area contributed by atoms with Gasteiger partial charge in [0.25, 0.3) is 0 Å². The molecule has 0 unspecified atom stereocenters. The van der Waals surface area contributed by atoms with Crippen molar-refractivity contribution in [3.63, 3.8) is 0 Å². The van der Waals surface area contributed by atoms with E-state index in [2.05, 4.69) is 6.58 Å². The molecule has 1 aromatic rings. The Morgan fingerprint density at radius 2 is 2.18 bits per heavy atom. The van der Waals surface area contributed by atoms with Crippen molar-refractivity contribution >= 4 is 11.3 Å². The number of nitrogens with two attached hydrogens (primary N) is 1. The van der Waals surface area contributed by atoms with Gasteiger partial charge >= 0.3 is 0 Å². The monoisotopic (exact) mass is 151 g/mol. The summed E-state index contributed by atoms with van der Waals surface area (Å²) in [7, 11) is 0. The highest BCUT2D eigenvalue weighted by Crippen LogP contribution is 2.17. The fourth-order valence-electron chi connectivity index (χ4n) is 0.809. The van der Waals surface area contributed by atoms with Gasteiger partial charge in [0.05, 0.1) is 5.69 Å². The molecule has 2 N–H and O–H groups in total. The second-order valence-corrected chi connectivity index (χ2v) is 2.52. The van der Waals surface area contributed by atoms with Gasteiger partial charge < -0.3 is 5.73 Å².